The van der Waals surface area contributed by atoms with Gasteiger partial charge in [-0.2, -0.15) is 0 Å². The number of benzene rings is 10. The van der Waals surface area contributed by atoms with Crippen molar-refractivity contribution in [3.63, 3.8) is 0 Å². The first kappa shape index (κ1) is 36.1. The molecule has 0 radical (unpaired) electrons. The molecule has 298 valence electrons. The quantitative estimate of drug-likeness (QED) is 0.156. The summed E-state index contributed by atoms with van der Waals surface area (Å²) in [4.78, 5) is 20.6. The summed E-state index contributed by atoms with van der Waals surface area (Å²) in [5.74, 6) is 2.45. The van der Waals surface area contributed by atoms with Crippen molar-refractivity contribution in [1.82, 2.24) is 19.9 Å². The van der Waals surface area contributed by atoms with Gasteiger partial charge in [0.05, 0.1) is 5.41 Å². The molecule has 0 aliphatic heterocycles. The zero-order valence-corrected chi connectivity index (χ0v) is 34.5. The van der Waals surface area contributed by atoms with Gasteiger partial charge in [-0.15, -0.1) is 0 Å². The average molecular weight is 817 g/mol. The molecule has 0 amide bonds. The highest BCUT2D eigenvalue weighted by Crippen LogP contribution is 2.56. The highest BCUT2D eigenvalue weighted by Gasteiger charge is 2.46. The first-order valence-electron chi connectivity index (χ1n) is 21.6. The summed E-state index contributed by atoms with van der Waals surface area (Å²) < 4.78 is 6.60. The van der Waals surface area contributed by atoms with Crippen molar-refractivity contribution >= 4 is 43.4 Å². The summed E-state index contributed by atoms with van der Waals surface area (Å²) >= 11 is 0. The number of fused-ring (bicyclic) bond motifs is 10. The third-order valence-corrected chi connectivity index (χ3v) is 13.0. The van der Waals surface area contributed by atoms with Crippen molar-refractivity contribution in [3.05, 3.63) is 241 Å². The normalized spacial score (nSPS) is 12.8. The zero-order valence-electron chi connectivity index (χ0n) is 34.5. The Morgan fingerprint density at radius 2 is 0.859 bits per heavy atom. The Hall–Kier alpha value is -8.54. The lowest BCUT2D eigenvalue weighted by Crippen LogP contribution is -2.28. The second kappa shape index (κ2) is 14.3. The molecule has 0 bridgehead atoms. The molecule has 0 spiro atoms. The number of hydrogen-bond acceptors (Lipinski definition) is 5. The van der Waals surface area contributed by atoms with E-state index in [9.17, 15) is 0 Å². The minimum atomic E-state index is -0.547. The Morgan fingerprint density at radius 3 is 1.55 bits per heavy atom. The minimum absolute atomic E-state index is 0.547. The van der Waals surface area contributed by atoms with Crippen molar-refractivity contribution in [2.75, 3.05) is 0 Å². The van der Waals surface area contributed by atoms with Crippen molar-refractivity contribution in [3.8, 4) is 56.7 Å². The van der Waals surface area contributed by atoms with Crippen LogP contribution in [0.25, 0.3) is 100 Å². The maximum Gasteiger partial charge on any atom is 0.227 e. The smallest absolute Gasteiger partial charge is 0.227 e. The van der Waals surface area contributed by atoms with Crippen molar-refractivity contribution in [2.24, 2.45) is 0 Å². The van der Waals surface area contributed by atoms with Crippen LogP contribution < -0.4 is 0 Å². The van der Waals surface area contributed by atoms with Crippen molar-refractivity contribution < 1.29 is 4.42 Å². The van der Waals surface area contributed by atoms with Gasteiger partial charge in [0.25, 0.3) is 0 Å². The van der Waals surface area contributed by atoms with E-state index in [1.54, 1.807) is 0 Å². The zero-order chi connectivity index (χ0) is 42.2. The predicted molar refractivity (Wildman–Crippen MR) is 259 cm³/mol. The van der Waals surface area contributed by atoms with Gasteiger partial charge in [-0.3, -0.25) is 0 Å². The lowest BCUT2D eigenvalue weighted by atomic mass is 9.67. The summed E-state index contributed by atoms with van der Waals surface area (Å²) in [6, 6.07) is 77.0. The first-order chi connectivity index (χ1) is 31.7. The molecule has 10 aromatic carbocycles. The molecule has 64 heavy (non-hydrogen) atoms. The Labute approximate surface area is 369 Å². The molecule has 0 unspecified atom stereocenters. The SMILES string of the molecule is c1ccc(-c2nc(-c3ccc4c(c3)C(c3ccccc3)(c3ccccc3)c3ccccc3-4)nc(-c3ccc4c(ccc5ccc6ccc7nc(-c8ccccc8)oc7c6c54)c3)n2)cc1. The maximum atomic E-state index is 6.60. The molecule has 1 aliphatic rings. The number of nitrogens with zero attached hydrogens (tertiary/aromatic N) is 4. The Balaban J connectivity index is 1.00. The van der Waals surface area contributed by atoms with Crippen LogP contribution in [0.2, 0.25) is 0 Å². The van der Waals surface area contributed by atoms with E-state index in [-0.39, 0.29) is 0 Å². The molecule has 0 N–H and O–H groups in total. The second-order valence-corrected chi connectivity index (χ2v) is 16.5. The molecule has 12 aromatic rings. The summed E-state index contributed by atoms with van der Waals surface area (Å²) in [7, 11) is 0. The molecule has 2 aromatic heterocycles. The van der Waals surface area contributed by atoms with Gasteiger partial charge in [-0.05, 0) is 85.3 Å². The predicted octanol–water partition coefficient (Wildman–Crippen LogP) is 14.5. The molecule has 0 saturated heterocycles. The molecule has 13 rings (SSSR count). The second-order valence-electron chi connectivity index (χ2n) is 16.5. The minimum Gasteiger partial charge on any atom is -0.435 e. The molecule has 5 nitrogen and oxygen atoms in total. The van der Waals surface area contributed by atoms with Crippen LogP contribution >= 0.6 is 0 Å². The van der Waals surface area contributed by atoms with E-state index < -0.39 is 5.41 Å². The van der Waals surface area contributed by atoms with E-state index in [2.05, 4.69) is 170 Å². The maximum absolute atomic E-state index is 6.60. The third-order valence-electron chi connectivity index (χ3n) is 13.0. The molecule has 1 aliphatic carbocycles. The van der Waals surface area contributed by atoms with Crippen molar-refractivity contribution in [2.45, 2.75) is 5.41 Å². The molecule has 2 heterocycles. The molecule has 0 fully saturated rings. The van der Waals surface area contributed by atoms with Crippen LogP contribution in [0.1, 0.15) is 22.3 Å². The van der Waals surface area contributed by atoms with E-state index >= 15 is 0 Å². The van der Waals surface area contributed by atoms with Crippen LogP contribution in [-0.4, -0.2) is 19.9 Å². The van der Waals surface area contributed by atoms with Gasteiger partial charge in [-0.25, -0.2) is 19.9 Å². The number of hydrogen-bond donors (Lipinski definition) is 0. The third kappa shape index (κ3) is 5.51. The van der Waals surface area contributed by atoms with E-state index in [1.165, 1.54) is 33.4 Å². The van der Waals surface area contributed by atoms with Gasteiger partial charge in [0, 0.05) is 33.0 Å². The topological polar surface area (TPSA) is 64.7 Å². The van der Waals surface area contributed by atoms with Crippen LogP contribution in [0.4, 0.5) is 0 Å². The van der Waals surface area contributed by atoms with Crippen LogP contribution in [-0.2, 0) is 5.41 Å². The van der Waals surface area contributed by atoms with E-state index in [0.717, 1.165) is 65.7 Å². The monoisotopic (exact) mass is 816 g/mol. The van der Waals surface area contributed by atoms with Crippen LogP contribution in [0.3, 0.4) is 0 Å². The van der Waals surface area contributed by atoms with Crippen LogP contribution in [0.15, 0.2) is 223 Å². The Morgan fingerprint density at radius 1 is 0.344 bits per heavy atom. The van der Waals surface area contributed by atoms with Gasteiger partial charge in [0.2, 0.25) is 5.89 Å². The van der Waals surface area contributed by atoms with Gasteiger partial charge < -0.3 is 4.42 Å². The highest BCUT2D eigenvalue weighted by atomic mass is 16.3. The standard InChI is InChI=1S/C59H36N4O/c1-5-15-39(16-6-1)55-61-56(42-29-32-46-41(35-42)28-27-37-25-26-38-31-34-51-54(53(38)52(37)46)64-58(60-51)40-17-7-2-8-18-40)63-57(62-55)43-30-33-48-47-23-13-14-24-49(47)59(50(48)36-43,44-19-9-3-10-20-44)45-21-11-4-12-22-45/h1-36H. The number of rotatable bonds is 6. The van der Waals surface area contributed by atoms with Gasteiger partial charge in [-0.1, -0.05) is 188 Å². The van der Waals surface area contributed by atoms with Gasteiger partial charge >= 0.3 is 0 Å². The first-order valence-corrected chi connectivity index (χ1v) is 21.6. The molecular weight excluding hydrogens is 781 g/mol. The van der Waals surface area contributed by atoms with E-state index in [4.69, 9.17) is 24.4 Å². The molecule has 0 saturated carbocycles. The Bertz CT molecular complexity index is 3730. The molecular formula is C59H36N4O. The largest absolute Gasteiger partial charge is 0.435 e. The fourth-order valence-electron chi connectivity index (χ4n) is 10.1. The molecule has 0 atom stereocenters. The molecule has 5 heteroatoms. The van der Waals surface area contributed by atoms with Gasteiger partial charge in [0.1, 0.15) is 5.52 Å². The summed E-state index contributed by atoms with van der Waals surface area (Å²) in [6.07, 6.45) is 0. The van der Waals surface area contributed by atoms with Crippen LogP contribution in [0.5, 0.6) is 0 Å². The van der Waals surface area contributed by atoms with Gasteiger partial charge in [0.15, 0.2) is 23.1 Å². The summed E-state index contributed by atoms with van der Waals surface area (Å²) in [5, 5.41) is 6.61. The summed E-state index contributed by atoms with van der Waals surface area (Å²) in [6.45, 7) is 0. The Kier molecular flexibility index (Phi) is 8.06. The fourth-order valence-corrected chi connectivity index (χ4v) is 10.1. The number of aromatic nitrogens is 4. The fraction of sp³-hybridized carbons (Fsp3) is 0.0169. The summed E-state index contributed by atoms with van der Waals surface area (Å²) in [5.41, 5.74) is 12.1. The van der Waals surface area contributed by atoms with Crippen molar-refractivity contribution in [1.29, 1.82) is 0 Å². The highest BCUT2D eigenvalue weighted by molar-refractivity contribution is 6.26. The van der Waals surface area contributed by atoms with E-state index in [1.807, 2.05) is 48.5 Å². The number of oxazole rings is 1. The van der Waals surface area contributed by atoms with E-state index in [0.29, 0.717) is 23.4 Å². The lowest BCUT2D eigenvalue weighted by Gasteiger charge is -2.34. The average Bonchev–Trinajstić information content (AvgIpc) is 3.95. The van der Waals surface area contributed by atoms with Crippen LogP contribution in [0, 0.1) is 0 Å². The lowest BCUT2D eigenvalue weighted by molar-refractivity contribution is 0.623.